The average molecular weight is 452 g/mol. The van der Waals surface area contributed by atoms with E-state index >= 15 is 8.78 Å². The Morgan fingerprint density at radius 2 is 1.79 bits per heavy atom. The zero-order chi connectivity index (χ0) is 23.1. The number of anilines is 2. The van der Waals surface area contributed by atoms with Gasteiger partial charge in [-0.05, 0) is 30.9 Å². The number of pyridine rings is 1. The summed E-state index contributed by atoms with van der Waals surface area (Å²) < 4.78 is 42.6. The molecule has 170 valence electrons. The Kier molecular flexibility index (Phi) is 5.27. The van der Waals surface area contributed by atoms with Gasteiger partial charge in [0.05, 0.1) is 32.3 Å². The van der Waals surface area contributed by atoms with Crippen molar-refractivity contribution in [3.8, 4) is 22.8 Å². The van der Waals surface area contributed by atoms with E-state index in [-0.39, 0.29) is 17.2 Å². The molecule has 0 bridgehead atoms. The average Bonchev–Trinajstić information content (AvgIpc) is 3.55. The van der Waals surface area contributed by atoms with Crippen LogP contribution in [0, 0.1) is 17.6 Å². The SMILES string of the molecule is COc1cc(OC)c(F)c(N(CC2CC2)c2ccc3ncc(-c4cnn(C)c4)nc3n2)c1F. The van der Waals surface area contributed by atoms with Gasteiger partial charge in [0.15, 0.2) is 28.8 Å². The number of aryl methyl sites for hydroxylation is 1. The number of aromatic nitrogens is 5. The molecule has 0 N–H and O–H groups in total. The maximum absolute atomic E-state index is 15.3. The molecule has 3 aromatic heterocycles. The molecule has 1 saturated carbocycles. The summed E-state index contributed by atoms with van der Waals surface area (Å²) in [6.07, 6.45) is 7.13. The number of halogens is 2. The first kappa shape index (κ1) is 21.0. The highest BCUT2D eigenvalue weighted by atomic mass is 19.1. The van der Waals surface area contributed by atoms with Gasteiger partial charge in [-0.2, -0.15) is 5.10 Å². The fourth-order valence-electron chi connectivity index (χ4n) is 3.70. The number of nitrogens with zero attached hydrogens (tertiary/aromatic N) is 6. The molecule has 1 fully saturated rings. The number of methoxy groups -OCH3 is 2. The molecule has 33 heavy (non-hydrogen) atoms. The molecule has 3 heterocycles. The van der Waals surface area contributed by atoms with Crippen LogP contribution in [0.4, 0.5) is 20.3 Å². The van der Waals surface area contributed by atoms with E-state index in [1.807, 2.05) is 13.2 Å². The Hall–Kier alpha value is -3.82. The van der Waals surface area contributed by atoms with Gasteiger partial charge in [-0.3, -0.25) is 9.67 Å². The van der Waals surface area contributed by atoms with Gasteiger partial charge < -0.3 is 14.4 Å². The second-order valence-corrected chi connectivity index (χ2v) is 7.98. The highest BCUT2D eigenvalue weighted by Crippen LogP contribution is 2.42. The van der Waals surface area contributed by atoms with Gasteiger partial charge in [-0.15, -0.1) is 0 Å². The number of ether oxygens (including phenoxy) is 2. The molecule has 5 rings (SSSR count). The summed E-state index contributed by atoms with van der Waals surface area (Å²) >= 11 is 0. The zero-order valence-electron chi connectivity index (χ0n) is 18.4. The standard InChI is InChI=1S/C23H22F2N6O2/c1-30-12-14(9-27-30)16-10-26-15-6-7-19(29-23(15)28-16)31(11-13-4-5-13)22-20(24)17(32-2)8-18(33-3)21(22)25/h6-10,12-13H,4-5,11H2,1-3H3. The van der Waals surface area contributed by atoms with E-state index in [1.54, 1.807) is 29.2 Å². The molecule has 0 unspecified atom stereocenters. The lowest BCUT2D eigenvalue weighted by Crippen LogP contribution is -2.24. The van der Waals surface area contributed by atoms with Crippen molar-refractivity contribution in [3.05, 3.63) is 48.4 Å². The molecule has 8 nitrogen and oxygen atoms in total. The van der Waals surface area contributed by atoms with E-state index < -0.39 is 11.6 Å². The summed E-state index contributed by atoms with van der Waals surface area (Å²) in [5.74, 6) is -1.17. The van der Waals surface area contributed by atoms with Crippen LogP contribution in [0.5, 0.6) is 11.5 Å². The van der Waals surface area contributed by atoms with Crippen molar-refractivity contribution in [1.82, 2.24) is 24.7 Å². The van der Waals surface area contributed by atoms with Gasteiger partial charge in [-0.25, -0.2) is 18.7 Å². The van der Waals surface area contributed by atoms with E-state index in [2.05, 4.69) is 20.1 Å². The molecule has 1 aromatic carbocycles. The van der Waals surface area contributed by atoms with Crippen molar-refractivity contribution >= 4 is 22.7 Å². The summed E-state index contributed by atoms with van der Waals surface area (Å²) in [5.41, 5.74) is 2.08. The molecule has 4 aromatic rings. The maximum atomic E-state index is 15.3. The van der Waals surface area contributed by atoms with Gasteiger partial charge >= 0.3 is 0 Å². The first-order valence-corrected chi connectivity index (χ1v) is 10.5. The van der Waals surface area contributed by atoms with Crippen LogP contribution in [-0.2, 0) is 7.05 Å². The number of rotatable bonds is 7. The van der Waals surface area contributed by atoms with Crippen LogP contribution in [0.1, 0.15) is 12.8 Å². The number of fused-ring (bicyclic) bond motifs is 1. The third-order valence-corrected chi connectivity index (χ3v) is 5.63. The summed E-state index contributed by atoms with van der Waals surface area (Å²) in [7, 11) is 4.47. The normalized spacial score (nSPS) is 13.4. The molecule has 1 aliphatic rings. The number of hydrogen-bond acceptors (Lipinski definition) is 7. The van der Waals surface area contributed by atoms with Crippen LogP contribution < -0.4 is 14.4 Å². The van der Waals surface area contributed by atoms with Gasteiger partial charge in [0.2, 0.25) is 0 Å². The fourth-order valence-corrected chi connectivity index (χ4v) is 3.70. The van der Waals surface area contributed by atoms with Crippen LogP contribution in [0.3, 0.4) is 0 Å². The molecule has 10 heteroatoms. The smallest absolute Gasteiger partial charge is 0.191 e. The topological polar surface area (TPSA) is 78.2 Å². The predicted molar refractivity (Wildman–Crippen MR) is 119 cm³/mol. The minimum atomic E-state index is -0.812. The van der Waals surface area contributed by atoms with Crippen LogP contribution in [0.2, 0.25) is 0 Å². The molecular formula is C23H22F2N6O2. The Morgan fingerprint density at radius 3 is 2.39 bits per heavy atom. The first-order valence-electron chi connectivity index (χ1n) is 10.5. The van der Waals surface area contributed by atoms with Crippen molar-refractivity contribution < 1.29 is 18.3 Å². The van der Waals surface area contributed by atoms with E-state index in [0.29, 0.717) is 35.1 Å². The lowest BCUT2D eigenvalue weighted by atomic mass is 10.2. The molecule has 1 aliphatic carbocycles. The number of benzene rings is 1. The Bertz CT molecular complexity index is 1310. The van der Waals surface area contributed by atoms with E-state index in [4.69, 9.17) is 9.47 Å². The van der Waals surface area contributed by atoms with Crippen molar-refractivity contribution in [2.45, 2.75) is 12.8 Å². The minimum absolute atomic E-state index is 0.108. The van der Waals surface area contributed by atoms with Crippen LogP contribution in [0.15, 0.2) is 36.8 Å². The summed E-state index contributed by atoms with van der Waals surface area (Å²) in [6.45, 7) is 0.401. The number of hydrogen-bond donors (Lipinski definition) is 0. The van der Waals surface area contributed by atoms with Gasteiger partial charge in [0.25, 0.3) is 0 Å². The zero-order valence-corrected chi connectivity index (χ0v) is 18.4. The molecule has 0 atom stereocenters. The third-order valence-electron chi connectivity index (χ3n) is 5.63. The summed E-state index contributed by atoms with van der Waals surface area (Å²) in [6, 6.07) is 4.63. The lowest BCUT2D eigenvalue weighted by molar-refractivity contribution is 0.358. The quantitative estimate of drug-likeness (QED) is 0.414. The molecule has 0 saturated heterocycles. The fraction of sp³-hybridized carbons (Fsp3) is 0.304. The summed E-state index contributed by atoms with van der Waals surface area (Å²) in [5, 5.41) is 4.16. The predicted octanol–water partition coefficient (Wildman–Crippen LogP) is 4.27. The monoisotopic (exact) mass is 452 g/mol. The van der Waals surface area contributed by atoms with E-state index in [9.17, 15) is 0 Å². The van der Waals surface area contributed by atoms with Crippen LogP contribution >= 0.6 is 0 Å². The van der Waals surface area contributed by atoms with E-state index in [1.165, 1.54) is 25.2 Å². The minimum Gasteiger partial charge on any atom is -0.493 e. The molecular weight excluding hydrogens is 430 g/mol. The van der Waals surface area contributed by atoms with Crippen LogP contribution in [0.25, 0.3) is 22.4 Å². The highest BCUT2D eigenvalue weighted by Gasteiger charge is 2.32. The van der Waals surface area contributed by atoms with Crippen LogP contribution in [-0.4, -0.2) is 45.5 Å². The Labute approximate surface area is 188 Å². The maximum Gasteiger partial charge on any atom is 0.191 e. The third kappa shape index (κ3) is 3.92. The summed E-state index contributed by atoms with van der Waals surface area (Å²) in [4.78, 5) is 15.2. The largest absolute Gasteiger partial charge is 0.493 e. The lowest BCUT2D eigenvalue weighted by Gasteiger charge is -2.26. The van der Waals surface area contributed by atoms with Gasteiger partial charge in [-0.1, -0.05) is 0 Å². The Balaban J connectivity index is 1.65. The molecule has 0 spiro atoms. The first-order chi connectivity index (χ1) is 16.0. The highest BCUT2D eigenvalue weighted by molar-refractivity contribution is 5.77. The van der Waals surface area contributed by atoms with Crippen molar-refractivity contribution in [3.63, 3.8) is 0 Å². The van der Waals surface area contributed by atoms with Gasteiger partial charge in [0.1, 0.15) is 17.0 Å². The van der Waals surface area contributed by atoms with E-state index in [0.717, 1.165) is 18.4 Å². The second kappa shape index (κ2) is 8.27. The Morgan fingerprint density at radius 1 is 1.06 bits per heavy atom. The second-order valence-electron chi connectivity index (χ2n) is 7.98. The van der Waals surface area contributed by atoms with Crippen molar-refractivity contribution in [1.29, 1.82) is 0 Å². The van der Waals surface area contributed by atoms with Crippen molar-refractivity contribution in [2.75, 3.05) is 25.7 Å². The van der Waals surface area contributed by atoms with Crippen molar-refractivity contribution in [2.24, 2.45) is 13.0 Å². The molecule has 0 amide bonds. The molecule has 0 aliphatic heterocycles. The van der Waals surface area contributed by atoms with Gasteiger partial charge in [0, 0.05) is 31.4 Å². The molecule has 0 radical (unpaired) electrons.